The molecule has 0 aromatic heterocycles. The highest BCUT2D eigenvalue weighted by Crippen LogP contribution is 2.24. The van der Waals surface area contributed by atoms with Crippen LogP contribution in [-0.4, -0.2) is 18.4 Å². The Balaban J connectivity index is 1.55. The number of amides is 2. The largest absolute Gasteiger partial charge is 0.484 e. The van der Waals surface area contributed by atoms with Gasteiger partial charge in [-0.2, -0.15) is 0 Å². The van der Waals surface area contributed by atoms with Gasteiger partial charge in [-0.25, -0.2) is 0 Å². The molecule has 0 fully saturated rings. The van der Waals surface area contributed by atoms with Crippen molar-refractivity contribution >= 4 is 34.8 Å². The number of nitrogens with one attached hydrogen (secondary N) is 2. The molecule has 3 rings (SSSR count). The third-order valence-corrected chi connectivity index (χ3v) is 5.07. The second-order valence-electron chi connectivity index (χ2n) is 7.05. The zero-order valence-electron chi connectivity index (χ0n) is 17.1. The van der Waals surface area contributed by atoms with Crippen molar-refractivity contribution in [2.75, 3.05) is 17.2 Å². The third-order valence-electron chi connectivity index (χ3n) is 4.66. The number of hydrogen-bond donors (Lipinski definition) is 2. The Kier molecular flexibility index (Phi) is 6.75. The molecule has 2 N–H and O–H groups in total. The van der Waals surface area contributed by atoms with Crippen molar-refractivity contribution in [1.29, 1.82) is 0 Å². The molecular weight excluding hydrogens is 400 g/mol. The number of anilines is 2. The lowest BCUT2D eigenvalue weighted by atomic mass is 10.1. The molecule has 5 nitrogen and oxygen atoms in total. The molecule has 0 aliphatic rings. The van der Waals surface area contributed by atoms with Crippen LogP contribution in [0.15, 0.2) is 60.7 Å². The van der Waals surface area contributed by atoms with E-state index >= 15 is 0 Å². The zero-order chi connectivity index (χ0) is 21.7. The fraction of sp³-hybridized carbons (Fsp3) is 0.167. The van der Waals surface area contributed by atoms with Gasteiger partial charge in [0.1, 0.15) is 5.75 Å². The summed E-state index contributed by atoms with van der Waals surface area (Å²) in [5.41, 5.74) is 4.84. The number of halogens is 1. The van der Waals surface area contributed by atoms with E-state index in [4.69, 9.17) is 16.3 Å². The Bertz CT molecular complexity index is 1080. The summed E-state index contributed by atoms with van der Waals surface area (Å²) in [6, 6.07) is 17.8. The summed E-state index contributed by atoms with van der Waals surface area (Å²) in [5.74, 6) is 0.000902. The molecule has 6 heteroatoms. The van der Waals surface area contributed by atoms with E-state index in [1.54, 1.807) is 42.5 Å². The zero-order valence-corrected chi connectivity index (χ0v) is 17.8. The topological polar surface area (TPSA) is 67.4 Å². The summed E-state index contributed by atoms with van der Waals surface area (Å²) in [6.45, 7) is 5.67. The fourth-order valence-corrected chi connectivity index (χ4v) is 3.10. The summed E-state index contributed by atoms with van der Waals surface area (Å²) in [6.07, 6.45) is 0. The minimum atomic E-state index is -0.250. The van der Waals surface area contributed by atoms with Gasteiger partial charge in [0.25, 0.3) is 11.8 Å². The van der Waals surface area contributed by atoms with Crippen LogP contribution in [0.3, 0.4) is 0 Å². The number of carbonyl (C=O) groups excluding carboxylic acids is 2. The fourth-order valence-electron chi connectivity index (χ4n) is 2.93. The maximum Gasteiger partial charge on any atom is 0.262 e. The second-order valence-corrected chi connectivity index (χ2v) is 7.45. The Morgan fingerprint density at radius 3 is 2.33 bits per heavy atom. The predicted octanol–water partition coefficient (Wildman–Crippen LogP) is 5.54. The highest BCUT2D eigenvalue weighted by molar-refractivity contribution is 6.31. The van der Waals surface area contributed by atoms with E-state index in [9.17, 15) is 9.59 Å². The van der Waals surface area contributed by atoms with Crippen molar-refractivity contribution in [3.05, 3.63) is 87.9 Å². The first kappa shape index (κ1) is 21.4. The van der Waals surface area contributed by atoms with E-state index in [-0.39, 0.29) is 18.4 Å². The summed E-state index contributed by atoms with van der Waals surface area (Å²) in [7, 11) is 0. The van der Waals surface area contributed by atoms with Gasteiger partial charge in [-0.05, 0) is 74.4 Å². The quantitative estimate of drug-likeness (QED) is 0.548. The first-order valence-corrected chi connectivity index (χ1v) is 9.87. The highest BCUT2D eigenvalue weighted by atomic mass is 35.5. The van der Waals surface area contributed by atoms with Crippen LogP contribution in [0.4, 0.5) is 11.4 Å². The average Bonchev–Trinajstić information content (AvgIpc) is 2.72. The second kappa shape index (κ2) is 9.46. The van der Waals surface area contributed by atoms with E-state index in [0.717, 1.165) is 22.4 Å². The van der Waals surface area contributed by atoms with E-state index in [2.05, 4.69) is 10.6 Å². The summed E-state index contributed by atoms with van der Waals surface area (Å²) in [5, 5.41) is 6.27. The van der Waals surface area contributed by atoms with Crippen molar-refractivity contribution in [3.63, 3.8) is 0 Å². The summed E-state index contributed by atoms with van der Waals surface area (Å²) in [4.78, 5) is 24.6. The maximum absolute atomic E-state index is 12.5. The van der Waals surface area contributed by atoms with Gasteiger partial charge < -0.3 is 15.4 Å². The summed E-state index contributed by atoms with van der Waals surface area (Å²) < 4.78 is 5.53. The lowest BCUT2D eigenvalue weighted by Crippen LogP contribution is -2.20. The number of aryl methyl sites for hydroxylation is 2. The van der Waals surface area contributed by atoms with Crippen LogP contribution in [0.2, 0.25) is 5.02 Å². The molecular formula is C24H23ClN2O3. The highest BCUT2D eigenvalue weighted by Gasteiger charge is 2.10. The van der Waals surface area contributed by atoms with Gasteiger partial charge in [0.05, 0.1) is 0 Å². The molecule has 154 valence electrons. The third kappa shape index (κ3) is 5.39. The van der Waals surface area contributed by atoms with Crippen molar-refractivity contribution < 1.29 is 14.3 Å². The Morgan fingerprint density at radius 1 is 0.900 bits per heavy atom. The van der Waals surface area contributed by atoms with E-state index in [1.807, 2.05) is 39.0 Å². The van der Waals surface area contributed by atoms with Crippen LogP contribution in [0, 0.1) is 20.8 Å². The number of ether oxygens (including phenoxy) is 1. The molecule has 0 aliphatic heterocycles. The Labute approximate surface area is 181 Å². The lowest BCUT2D eigenvalue weighted by molar-refractivity contribution is -0.118. The maximum atomic E-state index is 12.5. The van der Waals surface area contributed by atoms with Crippen LogP contribution in [0.25, 0.3) is 0 Å². The lowest BCUT2D eigenvalue weighted by Gasteiger charge is -2.11. The van der Waals surface area contributed by atoms with Crippen molar-refractivity contribution in [1.82, 2.24) is 0 Å². The van der Waals surface area contributed by atoms with Crippen molar-refractivity contribution in [2.24, 2.45) is 0 Å². The molecule has 0 saturated heterocycles. The Hall–Kier alpha value is -3.31. The number of carbonyl (C=O) groups is 2. The molecule has 0 spiro atoms. The van der Waals surface area contributed by atoms with Crippen LogP contribution in [-0.2, 0) is 4.79 Å². The summed E-state index contributed by atoms with van der Waals surface area (Å²) >= 11 is 6.09. The van der Waals surface area contributed by atoms with Gasteiger partial charge in [0.2, 0.25) is 0 Å². The molecule has 0 aliphatic carbocycles. The first-order valence-electron chi connectivity index (χ1n) is 9.50. The minimum absolute atomic E-state index is 0.124. The Morgan fingerprint density at radius 2 is 1.63 bits per heavy atom. The van der Waals surface area contributed by atoms with Gasteiger partial charge in [-0.15, -0.1) is 0 Å². The normalized spacial score (nSPS) is 10.4. The molecule has 0 saturated carbocycles. The smallest absolute Gasteiger partial charge is 0.262 e. The molecule has 0 bridgehead atoms. The molecule has 0 atom stereocenters. The molecule has 3 aromatic rings. The van der Waals surface area contributed by atoms with Crippen LogP contribution >= 0.6 is 11.6 Å². The number of rotatable bonds is 6. The van der Waals surface area contributed by atoms with Gasteiger partial charge in [-0.3, -0.25) is 9.59 Å². The van der Waals surface area contributed by atoms with Gasteiger partial charge >= 0.3 is 0 Å². The monoisotopic (exact) mass is 422 g/mol. The van der Waals surface area contributed by atoms with E-state index < -0.39 is 0 Å². The SMILES string of the molecule is Cc1ccc(NC(=O)COc2ccc(C(=O)Nc3cccc(Cl)c3C)cc2)c(C)c1. The molecule has 0 unspecified atom stereocenters. The van der Waals surface area contributed by atoms with Gasteiger partial charge in [-0.1, -0.05) is 35.4 Å². The van der Waals surface area contributed by atoms with Gasteiger partial charge in [0, 0.05) is 22.0 Å². The minimum Gasteiger partial charge on any atom is -0.484 e. The first-order chi connectivity index (χ1) is 14.3. The molecule has 0 heterocycles. The van der Waals surface area contributed by atoms with Gasteiger partial charge in [0.15, 0.2) is 6.61 Å². The molecule has 0 radical (unpaired) electrons. The molecule has 2 amide bonds. The van der Waals surface area contributed by atoms with Crippen LogP contribution < -0.4 is 15.4 Å². The van der Waals surface area contributed by atoms with E-state index in [0.29, 0.717) is 22.0 Å². The van der Waals surface area contributed by atoms with Crippen molar-refractivity contribution in [2.45, 2.75) is 20.8 Å². The van der Waals surface area contributed by atoms with Crippen LogP contribution in [0.5, 0.6) is 5.75 Å². The van der Waals surface area contributed by atoms with Crippen molar-refractivity contribution in [3.8, 4) is 5.75 Å². The standard InChI is InChI=1S/C24H23ClN2O3/c1-15-7-12-21(16(2)13-15)26-23(28)14-30-19-10-8-18(9-11-19)24(29)27-22-6-4-5-20(25)17(22)3/h4-13H,14H2,1-3H3,(H,26,28)(H,27,29). The van der Waals surface area contributed by atoms with E-state index in [1.165, 1.54) is 0 Å². The molecule has 30 heavy (non-hydrogen) atoms. The van der Waals surface area contributed by atoms with Crippen LogP contribution in [0.1, 0.15) is 27.0 Å². The molecule has 3 aromatic carbocycles. The number of benzene rings is 3. The predicted molar refractivity (Wildman–Crippen MR) is 121 cm³/mol. The number of hydrogen-bond acceptors (Lipinski definition) is 3. The average molecular weight is 423 g/mol.